The van der Waals surface area contributed by atoms with Crippen LogP contribution in [-0.2, 0) is 4.79 Å². The highest BCUT2D eigenvalue weighted by atomic mass is 32.2. The minimum atomic E-state index is -0.367. The molecule has 0 radical (unpaired) electrons. The summed E-state index contributed by atoms with van der Waals surface area (Å²) in [7, 11) is 0. The van der Waals surface area contributed by atoms with Crippen LogP contribution in [0.2, 0.25) is 0 Å². The van der Waals surface area contributed by atoms with Crippen LogP contribution in [0.25, 0.3) is 6.08 Å². The van der Waals surface area contributed by atoms with Gasteiger partial charge in [-0.25, -0.2) is 4.39 Å². The maximum atomic E-state index is 14.5. The molecule has 0 aliphatic carbocycles. The molecule has 1 aromatic carbocycles. The second-order valence-electron chi connectivity index (χ2n) is 6.38. The average molecular weight is 360 g/mol. The van der Waals surface area contributed by atoms with Gasteiger partial charge in [0.15, 0.2) is 0 Å². The van der Waals surface area contributed by atoms with Gasteiger partial charge in [0.25, 0.3) is 11.1 Å². The normalized spacial score (nSPS) is 20.7. The Labute approximate surface area is 151 Å². The maximum absolute atomic E-state index is 14.5. The minimum absolute atomic E-state index is 0.294. The molecule has 2 aliphatic rings. The van der Waals surface area contributed by atoms with Crippen molar-refractivity contribution in [3.8, 4) is 0 Å². The molecule has 0 bridgehead atoms. The Morgan fingerprint density at radius 1 is 1.28 bits per heavy atom. The van der Waals surface area contributed by atoms with Crippen LogP contribution in [0, 0.1) is 12.7 Å². The van der Waals surface area contributed by atoms with Crippen LogP contribution in [0.1, 0.15) is 30.9 Å². The highest BCUT2D eigenvalue weighted by molar-refractivity contribution is 8.18. The third-order valence-electron chi connectivity index (χ3n) is 4.64. The molecule has 2 amide bonds. The van der Waals surface area contributed by atoms with E-state index in [1.807, 2.05) is 17.9 Å². The summed E-state index contributed by atoms with van der Waals surface area (Å²) in [5.41, 5.74) is 2.12. The zero-order valence-corrected chi connectivity index (χ0v) is 15.2. The summed E-state index contributed by atoms with van der Waals surface area (Å²) >= 11 is 0.882. The Kier molecular flexibility index (Phi) is 4.99. The zero-order valence-electron chi connectivity index (χ0n) is 14.4. The van der Waals surface area contributed by atoms with Crippen LogP contribution in [0.4, 0.5) is 14.9 Å². The predicted octanol–water partition coefficient (Wildman–Crippen LogP) is 4.35. The van der Waals surface area contributed by atoms with Crippen LogP contribution >= 0.6 is 11.8 Å². The molecule has 25 heavy (non-hydrogen) atoms. The van der Waals surface area contributed by atoms with Crippen molar-refractivity contribution in [3.63, 3.8) is 0 Å². The first-order chi connectivity index (χ1) is 11.9. The van der Waals surface area contributed by atoms with Gasteiger partial charge in [-0.3, -0.25) is 14.5 Å². The first-order valence-electron chi connectivity index (χ1n) is 8.37. The predicted molar refractivity (Wildman–Crippen MR) is 100 cm³/mol. The number of halogens is 1. The van der Waals surface area contributed by atoms with Gasteiger partial charge < -0.3 is 4.90 Å². The summed E-state index contributed by atoms with van der Waals surface area (Å²) < 4.78 is 14.5. The molecule has 0 saturated carbocycles. The molecule has 6 heteroatoms. The second-order valence-corrected chi connectivity index (χ2v) is 7.38. The lowest BCUT2D eigenvalue weighted by Gasteiger charge is -2.20. The fourth-order valence-electron chi connectivity index (χ4n) is 3.12. The van der Waals surface area contributed by atoms with Gasteiger partial charge in [0.05, 0.1) is 16.6 Å². The van der Waals surface area contributed by atoms with Gasteiger partial charge in [-0.2, -0.15) is 0 Å². The van der Waals surface area contributed by atoms with E-state index in [9.17, 15) is 14.0 Å². The van der Waals surface area contributed by atoms with Crippen molar-refractivity contribution >= 4 is 34.7 Å². The van der Waals surface area contributed by atoms with Gasteiger partial charge >= 0.3 is 0 Å². The minimum Gasteiger partial charge on any atom is -0.369 e. The van der Waals surface area contributed by atoms with E-state index in [2.05, 4.69) is 6.58 Å². The molecule has 2 saturated heterocycles. The highest BCUT2D eigenvalue weighted by Gasteiger charge is 2.37. The number of hydrogen-bond acceptors (Lipinski definition) is 4. The number of anilines is 1. The highest BCUT2D eigenvalue weighted by Crippen LogP contribution is 2.35. The number of thioether (sulfide) groups is 1. The Balaban J connectivity index is 1.91. The molecule has 3 rings (SSSR count). The number of amides is 2. The third kappa shape index (κ3) is 3.35. The van der Waals surface area contributed by atoms with E-state index in [-0.39, 0.29) is 23.0 Å². The molecular formula is C19H21FN2O2S. The summed E-state index contributed by atoms with van der Waals surface area (Å²) in [6, 6.07) is 2.91. The van der Waals surface area contributed by atoms with Gasteiger partial charge in [-0.15, -0.1) is 6.58 Å². The Morgan fingerprint density at radius 2 is 1.96 bits per heavy atom. The van der Waals surface area contributed by atoms with E-state index < -0.39 is 0 Å². The van der Waals surface area contributed by atoms with Gasteiger partial charge in [-0.05, 0) is 67.8 Å². The number of rotatable bonds is 4. The van der Waals surface area contributed by atoms with Crippen molar-refractivity contribution in [1.29, 1.82) is 0 Å². The van der Waals surface area contributed by atoms with E-state index in [4.69, 9.17) is 0 Å². The van der Waals surface area contributed by atoms with E-state index in [0.29, 0.717) is 16.2 Å². The van der Waals surface area contributed by atoms with Crippen molar-refractivity contribution in [1.82, 2.24) is 4.90 Å². The van der Waals surface area contributed by atoms with Gasteiger partial charge in [0, 0.05) is 13.1 Å². The lowest BCUT2D eigenvalue weighted by Crippen LogP contribution is -2.35. The lowest BCUT2D eigenvalue weighted by atomic mass is 10.1. The van der Waals surface area contributed by atoms with Crippen molar-refractivity contribution < 1.29 is 14.0 Å². The molecule has 4 nitrogen and oxygen atoms in total. The number of carbonyl (C=O) groups excluding carboxylic acids is 2. The number of carbonyl (C=O) groups is 2. The molecule has 0 N–H and O–H groups in total. The summed E-state index contributed by atoms with van der Waals surface area (Å²) in [5.74, 6) is -0.650. The van der Waals surface area contributed by atoms with Crippen molar-refractivity contribution in [2.45, 2.75) is 32.7 Å². The monoisotopic (exact) mass is 360 g/mol. The molecular weight excluding hydrogens is 339 g/mol. The third-order valence-corrected chi connectivity index (χ3v) is 5.52. The van der Waals surface area contributed by atoms with E-state index >= 15 is 0 Å². The number of hydrogen-bond donors (Lipinski definition) is 0. The molecule has 1 unspecified atom stereocenters. The molecule has 1 aromatic rings. The molecule has 132 valence electrons. The summed E-state index contributed by atoms with van der Waals surface area (Å²) in [6.45, 7) is 8.99. The van der Waals surface area contributed by atoms with Crippen molar-refractivity contribution in [2.24, 2.45) is 0 Å². The fraction of sp³-hybridized carbons (Fsp3) is 0.368. The quantitative estimate of drug-likeness (QED) is 0.591. The molecule has 2 aliphatic heterocycles. The van der Waals surface area contributed by atoms with Crippen LogP contribution in [0.3, 0.4) is 0 Å². The first-order valence-corrected chi connectivity index (χ1v) is 9.18. The maximum Gasteiger partial charge on any atom is 0.294 e. The summed E-state index contributed by atoms with van der Waals surface area (Å²) in [4.78, 5) is 28.1. The van der Waals surface area contributed by atoms with Crippen molar-refractivity contribution in [2.75, 3.05) is 18.0 Å². The van der Waals surface area contributed by atoms with Crippen molar-refractivity contribution in [3.05, 3.63) is 46.6 Å². The number of aryl methyl sites for hydroxylation is 1. The molecule has 2 heterocycles. The van der Waals surface area contributed by atoms with E-state index in [0.717, 1.165) is 43.3 Å². The average Bonchev–Trinajstić information content (AvgIpc) is 3.19. The first kappa shape index (κ1) is 17.7. The molecule has 1 atom stereocenters. The smallest absolute Gasteiger partial charge is 0.294 e. The lowest BCUT2D eigenvalue weighted by molar-refractivity contribution is -0.123. The Bertz CT molecular complexity index is 769. The van der Waals surface area contributed by atoms with Gasteiger partial charge in [0.2, 0.25) is 0 Å². The number of benzene rings is 1. The molecule has 0 aromatic heterocycles. The second kappa shape index (κ2) is 7.04. The molecule has 2 fully saturated rings. The Morgan fingerprint density at radius 3 is 2.60 bits per heavy atom. The van der Waals surface area contributed by atoms with Crippen LogP contribution in [0.15, 0.2) is 29.7 Å². The van der Waals surface area contributed by atoms with Crippen LogP contribution in [-0.4, -0.2) is 35.2 Å². The standard InChI is InChI=1S/C19H21FN2O2S/c1-4-13(3)22-18(23)17(25-19(22)24)11-14-10-15(20)16(9-12(14)2)21-7-5-6-8-21/h4,9-11,13H,1,5-8H2,2-3H3. The SMILES string of the molecule is C=CC(C)N1C(=O)SC(=Cc2cc(F)c(N3CCCC3)cc2C)C1=O. The summed E-state index contributed by atoms with van der Waals surface area (Å²) in [6.07, 6.45) is 5.31. The van der Waals surface area contributed by atoms with Crippen LogP contribution < -0.4 is 4.90 Å². The fourth-order valence-corrected chi connectivity index (χ4v) is 4.02. The topological polar surface area (TPSA) is 40.6 Å². The van der Waals surface area contributed by atoms with E-state index in [1.165, 1.54) is 11.0 Å². The zero-order chi connectivity index (χ0) is 18.1. The van der Waals surface area contributed by atoms with Gasteiger partial charge in [-0.1, -0.05) is 6.08 Å². The molecule has 0 spiro atoms. The van der Waals surface area contributed by atoms with Gasteiger partial charge in [0.1, 0.15) is 5.82 Å². The summed E-state index contributed by atoms with van der Waals surface area (Å²) in [5, 5.41) is -0.324. The van der Waals surface area contributed by atoms with E-state index in [1.54, 1.807) is 19.1 Å². The number of nitrogens with zero attached hydrogens (tertiary/aromatic N) is 2. The number of imide groups is 1. The Hall–Kier alpha value is -2.08. The largest absolute Gasteiger partial charge is 0.369 e. The van der Waals surface area contributed by atoms with Crippen LogP contribution in [0.5, 0.6) is 0 Å².